The van der Waals surface area contributed by atoms with Gasteiger partial charge in [0, 0.05) is 19.0 Å². The Morgan fingerprint density at radius 3 is 2.90 bits per heavy atom. The van der Waals surface area contributed by atoms with Gasteiger partial charge in [0.15, 0.2) is 0 Å². The fourth-order valence-corrected chi connectivity index (χ4v) is 4.48. The van der Waals surface area contributed by atoms with Gasteiger partial charge >= 0.3 is 0 Å². The lowest BCUT2D eigenvalue weighted by Gasteiger charge is -2.32. The number of nitrogens with one attached hydrogen (secondary N) is 1. The summed E-state index contributed by atoms with van der Waals surface area (Å²) in [6, 6.07) is 12.2. The lowest BCUT2D eigenvalue weighted by atomic mass is 9.96. The number of amides is 1. The highest BCUT2D eigenvalue weighted by Gasteiger charge is 2.32. The van der Waals surface area contributed by atoms with Crippen molar-refractivity contribution in [1.29, 1.82) is 0 Å². The zero-order valence-electron chi connectivity index (χ0n) is 16.9. The van der Waals surface area contributed by atoms with Gasteiger partial charge in [-0.3, -0.25) is 4.79 Å². The van der Waals surface area contributed by atoms with Crippen molar-refractivity contribution >= 4 is 28.5 Å². The number of hydrogen-bond donors (Lipinski definition) is 1. The average Bonchev–Trinajstić information content (AvgIpc) is 3.37. The Labute approximate surface area is 183 Å². The Hall–Kier alpha value is -3.19. The van der Waals surface area contributed by atoms with Crippen LogP contribution in [-0.2, 0) is 0 Å². The number of aromatic amines is 1. The summed E-state index contributed by atoms with van der Waals surface area (Å²) in [5.74, 6) is 0.511. The van der Waals surface area contributed by atoms with Crippen LogP contribution in [0, 0.1) is 12.7 Å². The summed E-state index contributed by atoms with van der Waals surface area (Å²) in [5, 5.41) is 4.15. The molecular formula is C23H20ClFN4O2. The molecule has 6 nitrogen and oxygen atoms in total. The van der Waals surface area contributed by atoms with E-state index >= 15 is 0 Å². The van der Waals surface area contributed by atoms with E-state index in [-0.39, 0.29) is 33.7 Å². The lowest BCUT2D eigenvalue weighted by Crippen LogP contribution is -2.39. The van der Waals surface area contributed by atoms with Gasteiger partial charge in [0.05, 0.1) is 21.6 Å². The van der Waals surface area contributed by atoms with E-state index in [0.29, 0.717) is 18.8 Å². The molecule has 158 valence electrons. The number of piperidine rings is 1. The minimum absolute atomic E-state index is 0.0789. The number of rotatable bonds is 3. The predicted octanol–water partition coefficient (Wildman–Crippen LogP) is 5.34. The van der Waals surface area contributed by atoms with Crippen LogP contribution in [0.1, 0.15) is 40.7 Å². The third-order valence-corrected chi connectivity index (χ3v) is 6.09. The van der Waals surface area contributed by atoms with Crippen molar-refractivity contribution in [2.24, 2.45) is 0 Å². The first-order chi connectivity index (χ1) is 15.0. The van der Waals surface area contributed by atoms with E-state index in [2.05, 4.69) is 10.1 Å². The molecule has 3 heterocycles. The highest BCUT2D eigenvalue weighted by molar-refractivity contribution is 6.33. The van der Waals surface area contributed by atoms with E-state index in [9.17, 15) is 9.18 Å². The molecule has 4 aromatic rings. The number of benzene rings is 2. The van der Waals surface area contributed by atoms with E-state index in [1.807, 2.05) is 24.3 Å². The number of likely N-dealkylation sites (tertiary alicyclic amines) is 1. The largest absolute Gasteiger partial charge is 0.360 e. The Kier molecular flexibility index (Phi) is 4.98. The maximum atomic E-state index is 14.5. The summed E-state index contributed by atoms with van der Waals surface area (Å²) in [7, 11) is 0. The number of hydrogen-bond acceptors (Lipinski definition) is 4. The van der Waals surface area contributed by atoms with Crippen molar-refractivity contribution in [2.45, 2.75) is 25.7 Å². The molecule has 8 heteroatoms. The van der Waals surface area contributed by atoms with Gasteiger partial charge in [0.25, 0.3) is 5.91 Å². The van der Waals surface area contributed by atoms with Crippen molar-refractivity contribution < 1.29 is 13.7 Å². The second-order valence-electron chi connectivity index (χ2n) is 7.79. The van der Waals surface area contributed by atoms with Crippen LogP contribution in [-0.4, -0.2) is 39.0 Å². The number of H-pyrrole nitrogens is 1. The van der Waals surface area contributed by atoms with Gasteiger partial charge < -0.3 is 14.4 Å². The lowest BCUT2D eigenvalue weighted by molar-refractivity contribution is 0.0704. The van der Waals surface area contributed by atoms with Crippen LogP contribution in [0.2, 0.25) is 5.02 Å². The third kappa shape index (κ3) is 3.49. The van der Waals surface area contributed by atoms with Crippen LogP contribution in [0.15, 0.2) is 47.0 Å². The second kappa shape index (κ2) is 7.81. The Morgan fingerprint density at radius 2 is 2.10 bits per heavy atom. The molecule has 0 spiro atoms. The smallest absolute Gasteiger partial charge is 0.259 e. The molecule has 1 fully saturated rings. The van der Waals surface area contributed by atoms with Crippen LogP contribution in [0.25, 0.3) is 22.3 Å². The summed E-state index contributed by atoms with van der Waals surface area (Å²) >= 11 is 6.22. The van der Waals surface area contributed by atoms with Crippen LogP contribution in [0.3, 0.4) is 0 Å². The Morgan fingerprint density at radius 1 is 1.26 bits per heavy atom. The molecule has 1 N–H and O–H groups in total. The molecule has 2 aromatic carbocycles. The molecule has 31 heavy (non-hydrogen) atoms. The second-order valence-corrected chi connectivity index (χ2v) is 8.20. The SMILES string of the molecule is Cc1onc(-c2c(F)cccc2Cl)c1C(=O)N1CCCC(c2nc3ccccc3[nH]2)C1. The zero-order chi connectivity index (χ0) is 21.5. The van der Waals surface area contributed by atoms with Gasteiger partial charge in [0.1, 0.15) is 28.7 Å². The van der Waals surface area contributed by atoms with Gasteiger partial charge in [-0.05, 0) is 44.0 Å². The molecule has 1 atom stereocenters. The van der Waals surface area contributed by atoms with Crippen molar-refractivity contribution in [3.05, 3.63) is 70.5 Å². The predicted molar refractivity (Wildman–Crippen MR) is 116 cm³/mol. The number of carbonyl (C=O) groups excluding carboxylic acids is 1. The number of halogens is 2. The summed E-state index contributed by atoms with van der Waals surface area (Å²) < 4.78 is 19.8. The number of aryl methyl sites for hydroxylation is 1. The molecule has 1 amide bonds. The molecule has 0 aliphatic carbocycles. The molecule has 1 saturated heterocycles. The monoisotopic (exact) mass is 438 g/mol. The van der Waals surface area contributed by atoms with Gasteiger partial charge in [-0.15, -0.1) is 0 Å². The minimum atomic E-state index is -0.548. The van der Waals surface area contributed by atoms with Gasteiger partial charge in [-0.25, -0.2) is 9.37 Å². The van der Waals surface area contributed by atoms with E-state index in [4.69, 9.17) is 21.1 Å². The van der Waals surface area contributed by atoms with Gasteiger partial charge in [0.2, 0.25) is 0 Å². The minimum Gasteiger partial charge on any atom is -0.360 e. The first-order valence-electron chi connectivity index (χ1n) is 10.2. The highest BCUT2D eigenvalue weighted by Crippen LogP contribution is 2.35. The van der Waals surface area contributed by atoms with Crippen molar-refractivity contribution in [3.63, 3.8) is 0 Å². The normalized spacial score (nSPS) is 16.7. The number of carbonyl (C=O) groups is 1. The topological polar surface area (TPSA) is 75.0 Å². The summed E-state index contributed by atoms with van der Waals surface area (Å²) in [5.41, 5.74) is 2.35. The molecule has 1 unspecified atom stereocenters. The number of fused-ring (bicyclic) bond motifs is 1. The highest BCUT2D eigenvalue weighted by atomic mass is 35.5. The number of imidazole rings is 1. The molecule has 0 bridgehead atoms. The molecule has 2 aromatic heterocycles. The molecular weight excluding hydrogens is 419 g/mol. The number of nitrogens with zero attached hydrogens (tertiary/aromatic N) is 3. The summed E-state index contributed by atoms with van der Waals surface area (Å²) in [6.07, 6.45) is 1.77. The van der Waals surface area contributed by atoms with E-state index in [1.165, 1.54) is 12.1 Å². The molecule has 0 radical (unpaired) electrons. The molecule has 0 saturated carbocycles. The number of aromatic nitrogens is 3. The maximum Gasteiger partial charge on any atom is 0.259 e. The van der Waals surface area contributed by atoms with Crippen molar-refractivity contribution in [1.82, 2.24) is 20.0 Å². The average molecular weight is 439 g/mol. The summed E-state index contributed by atoms with van der Waals surface area (Å²) in [4.78, 5) is 23.3. The zero-order valence-corrected chi connectivity index (χ0v) is 17.6. The van der Waals surface area contributed by atoms with Crippen molar-refractivity contribution in [2.75, 3.05) is 13.1 Å². The fraction of sp³-hybridized carbons (Fsp3) is 0.261. The Bertz CT molecular complexity index is 1230. The van der Waals surface area contributed by atoms with Gasteiger partial charge in [-0.1, -0.05) is 35.0 Å². The van der Waals surface area contributed by atoms with Crippen LogP contribution in [0.4, 0.5) is 4.39 Å². The fourth-order valence-electron chi connectivity index (χ4n) is 4.23. The number of para-hydroxylation sites is 2. The van der Waals surface area contributed by atoms with Crippen LogP contribution < -0.4 is 0 Å². The first-order valence-corrected chi connectivity index (χ1v) is 10.6. The molecule has 5 rings (SSSR count). The van der Waals surface area contributed by atoms with E-state index in [0.717, 1.165) is 29.7 Å². The van der Waals surface area contributed by atoms with Crippen molar-refractivity contribution in [3.8, 4) is 11.3 Å². The van der Waals surface area contributed by atoms with Crippen LogP contribution >= 0.6 is 11.6 Å². The Balaban J connectivity index is 1.46. The molecule has 1 aliphatic rings. The maximum absolute atomic E-state index is 14.5. The van der Waals surface area contributed by atoms with Gasteiger partial charge in [-0.2, -0.15) is 0 Å². The van der Waals surface area contributed by atoms with E-state index < -0.39 is 5.82 Å². The van der Waals surface area contributed by atoms with Crippen LogP contribution in [0.5, 0.6) is 0 Å². The summed E-state index contributed by atoms with van der Waals surface area (Å²) in [6.45, 7) is 2.76. The van der Waals surface area contributed by atoms with E-state index in [1.54, 1.807) is 17.9 Å². The quantitative estimate of drug-likeness (QED) is 0.468. The molecule has 1 aliphatic heterocycles. The first kappa shape index (κ1) is 19.8. The third-order valence-electron chi connectivity index (χ3n) is 5.78. The standard InChI is InChI=1S/C23H20ClFN4O2/c1-13-19(21(28-31-13)20-15(24)7-4-8-16(20)25)23(30)29-11-5-6-14(12-29)22-26-17-9-2-3-10-18(17)27-22/h2-4,7-10,14H,5-6,11-12H2,1H3,(H,26,27).